The van der Waals surface area contributed by atoms with Crippen molar-refractivity contribution in [1.29, 1.82) is 0 Å². The first kappa shape index (κ1) is 18.7. The first-order valence-electron chi connectivity index (χ1n) is 8.45. The standard InChI is InChI=1S/C20H13ClN2O6/c1-11(6-12-2-5-17-18(8-12)28-10-27-17)7-15-20(24)29-19(22-15)13-3-4-14(21)16(9-13)23(25)26/h2-9H,10H2,1H3/b11-6+,15-7-. The third-order valence-corrected chi connectivity index (χ3v) is 4.49. The molecule has 0 unspecified atom stereocenters. The van der Waals surface area contributed by atoms with Gasteiger partial charge in [-0.2, -0.15) is 0 Å². The van der Waals surface area contributed by atoms with Crippen LogP contribution in [0.3, 0.4) is 0 Å². The molecule has 0 saturated carbocycles. The zero-order valence-corrected chi connectivity index (χ0v) is 15.8. The van der Waals surface area contributed by atoms with Crippen LogP contribution < -0.4 is 9.47 Å². The fourth-order valence-corrected chi connectivity index (χ4v) is 3.03. The molecule has 2 heterocycles. The van der Waals surface area contributed by atoms with E-state index >= 15 is 0 Å². The van der Waals surface area contributed by atoms with Crippen molar-refractivity contribution in [3.8, 4) is 11.5 Å². The van der Waals surface area contributed by atoms with Gasteiger partial charge in [-0.05, 0) is 48.4 Å². The number of carbonyl (C=O) groups excluding carboxylic acids is 1. The summed E-state index contributed by atoms with van der Waals surface area (Å²) in [5, 5.41) is 11.0. The molecule has 0 saturated heterocycles. The van der Waals surface area contributed by atoms with Crippen molar-refractivity contribution < 1.29 is 23.9 Å². The third-order valence-electron chi connectivity index (χ3n) is 4.17. The molecule has 9 heteroatoms. The number of carbonyl (C=O) groups is 1. The van der Waals surface area contributed by atoms with E-state index in [1.165, 1.54) is 18.2 Å². The molecule has 2 aliphatic rings. The summed E-state index contributed by atoms with van der Waals surface area (Å²) in [6.45, 7) is 2.00. The number of ether oxygens (including phenoxy) is 3. The smallest absolute Gasteiger partial charge is 0.363 e. The Morgan fingerprint density at radius 1 is 1.21 bits per heavy atom. The van der Waals surface area contributed by atoms with E-state index in [9.17, 15) is 14.9 Å². The van der Waals surface area contributed by atoms with Gasteiger partial charge in [-0.1, -0.05) is 23.7 Å². The molecule has 4 rings (SSSR count). The van der Waals surface area contributed by atoms with Crippen LogP contribution in [0.4, 0.5) is 5.69 Å². The zero-order chi connectivity index (χ0) is 20.5. The van der Waals surface area contributed by atoms with E-state index in [4.69, 9.17) is 25.8 Å². The number of cyclic esters (lactones) is 1. The van der Waals surface area contributed by atoms with Crippen LogP contribution in [0.15, 0.2) is 58.7 Å². The quantitative estimate of drug-likeness (QED) is 0.322. The lowest BCUT2D eigenvalue weighted by molar-refractivity contribution is -0.384. The molecule has 2 aliphatic heterocycles. The molecule has 0 aliphatic carbocycles. The van der Waals surface area contributed by atoms with Gasteiger partial charge in [-0.25, -0.2) is 9.79 Å². The minimum atomic E-state index is -0.643. The van der Waals surface area contributed by atoms with Gasteiger partial charge in [0.2, 0.25) is 12.7 Å². The van der Waals surface area contributed by atoms with Crippen molar-refractivity contribution in [2.75, 3.05) is 6.79 Å². The summed E-state index contributed by atoms with van der Waals surface area (Å²) in [5.74, 6) is 0.681. The van der Waals surface area contributed by atoms with Gasteiger partial charge < -0.3 is 14.2 Å². The number of nitrogens with zero attached hydrogens (tertiary/aromatic N) is 2. The van der Waals surface area contributed by atoms with Gasteiger partial charge in [-0.3, -0.25) is 10.1 Å². The molecule has 0 bridgehead atoms. The van der Waals surface area contributed by atoms with Crippen molar-refractivity contribution >= 4 is 35.2 Å². The summed E-state index contributed by atoms with van der Waals surface area (Å²) in [6, 6.07) is 9.58. The zero-order valence-electron chi connectivity index (χ0n) is 15.0. The lowest BCUT2D eigenvalue weighted by Gasteiger charge is -2.00. The average Bonchev–Trinajstić information content (AvgIpc) is 3.28. The molecule has 8 nitrogen and oxygen atoms in total. The Balaban J connectivity index is 1.61. The topological polar surface area (TPSA) is 100 Å². The van der Waals surface area contributed by atoms with E-state index in [0.717, 1.165) is 11.1 Å². The number of aliphatic imine (C=N–C) groups is 1. The minimum Gasteiger partial charge on any atom is -0.454 e. The average molecular weight is 413 g/mol. The molecule has 0 aromatic heterocycles. The normalized spacial score (nSPS) is 16.8. The highest BCUT2D eigenvalue weighted by Crippen LogP contribution is 2.33. The molecule has 146 valence electrons. The number of halogens is 1. The highest BCUT2D eigenvalue weighted by Gasteiger charge is 2.26. The minimum absolute atomic E-state index is 0.0121. The van der Waals surface area contributed by atoms with Gasteiger partial charge in [0.05, 0.1) is 4.92 Å². The molecule has 0 spiro atoms. The number of fused-ring (bicyclic) bond motifs is 1. The van der Waals surface area contributed by atoms with Gasteiger partial charge in [-0.15, -0.1) is 0 Å². The maximum atomic E-state index is 12.2. The molecule has 0 N–H and O–H groups in total. The number of esters is 1. The predicted molar refractivity (Wildman–Crippen MR) is 105 cm³/mol. The molecular weight excluding hydrogens is 400 g/mol. The summed E-state index contributed by atoms with van der Waals surface area (Å²) in [7, 11) is 0. The second-order valence-electron chi connectivity index (χ2n) is 6.26. The van der Waals surface area contributed by atoms with E-state index in [-0.39, 0.29) is 34.7 Å². The van der Waals surface area contributed by atoms with Crippen molar-refractivity contribution in [2.45, 2.75) is 6.92 Å². The van der Waals surface area contributed by atoms with Crippen molar-refractivity contribution in [2.24, 2.45) is 4.99 Å². The largest absolute Gasteiger partial charge is 0.454 e. The van der Waals surface area contributed by atoms with Crippen molar-refractivity contribution in [1.82, 2.24) is 0 Å². The molecular formula is C20H13ClN2O6. The second-order valence-corrected chi connectivity index (χ2v) is 6.67. The summed E-state index contributed by atoms with van der Waals surface area (Å²) >= 11 is 5.81. The van der Waals surface area contributed by atoms with E-state index in [1.807, 2.05) is 31.2 Å². The first-order chi connectivity index (χ1) is 13.9. The van der Waals surface area contributed by atoms with Crippen LogP contribution in [0.25, 0.3) is 6.08 Å². The van der Waals surface area contributed by atoms with Crippen LogP contribution in [-0.2, 0) is 9.53 Å². The van der Waals surface area contributed by atoms with Crippen LogP contribution in [0.2, 0.25) is 5.02 Å². The Kier molecular flexibility index (Phi) is 4.77. The number of rotatable bonds is 4. The van der Waals surface area contributed by atoms with Crippen molar-refractivity contribution in [3.05, 3.63) is 80.0 Å². The summed E-state index contributed by atoms with van der Waals surface area (Å²) in [5.41, 5.74) is 1.71. The van der Waals surface area contributed by atoms with E-state index in [1.54, 1.807) is 6.08 Å². The molecule has 0 fully saturated rings. The Bertz CT molecular complexity index is 1140. The molecule has 2 aromatic carbocycles. The fourth-order valence-electron chi connectivity index (χ4n) is 2.84. The Hall–Kier alpha value is -3.65. The highest BCUT2D eigenvalue weighted by molar-refractivity contribution is 6.32. The van der Waals surface area contributed by atoms with Crippen LogP contribution in [0, 0.1) is 10.1 Å². The Labute approximate surface area is 169 Å². The van der Waals surface area contributed by atoms with Crippen LogP contribution in [-0.4, -0.2) is 23.6 Å². The lowest BCUT2D eigenvalue weighted by atomic mass is 10.1. The van der Waals surface area contributed by atoms with Gasteiger partial charge in [0.15, 0.2) is 17.2 Å². The van der Waals surface area contributed by atoms with Gasteiger partial charge in [0.1, 0.15) is 5.02 Å². The van der Waals surface area contributed by atoms with Gasteiger partial charge in [0.25, 0.3) is 5.69 Å². The van der Waals surface area contributed by atoms with Crippen LogP contribution in [0.1, 0.15) is 18.1 Å². The predicted octanol–water partition coefficient (Wildman–Crippen LogP) is 4.27. The number of nitro groups is 1. The van der Waals surface area contributed by atoms with E-state index in [0.29, 0.717) is 11.5 Å². The van der Waals surface area contributed by atoms with Gasteiger partial charge in [0, 0.05) is 11.6 Å². The van der Waals surface area contributed by atoms with Crippen molar-refractivity contribution in [3.63, 3.8) is 0 Å². The third kappa shape index (κ3) is 3.83. The maximum Gasteiger partial charge on any atom is 0.363 e. The molecule has 0 radical (unpaired) electrons. The maximum absolute atomic E-state index is 12.2. The lowest BCUT2D eigenvalue weighted by Crippen LogP contribution is -2.06. The molecule has 0 amide bonds. The number of hydrogen-bond acceptors (Lipinski definition) is 7. The highest BCUT2D eigenvalue weighted by atomic mass is 35.5. The SMILES string of the molecule is CC(/C=C1\N=C(c2ccc(Cl)c([N+](=O)[O-])c2)OC1=O)=C\c1ccc2c(c1)OCO2. The fraction of sp³-hybridized carbons (Fsp3) is 0.100. The van der Waals surface area contributed by atoms with E-state index < -0.39 is 10.9 Å². The summed E-state index contributed by atoms with van der Waals surface area (Å²) in [6.07, 6.45) is 3.42. The molecule has 2 aromatic rings. The van der Waals surface area contributed by atoms with Crippen LogP contribution in [0.5, 0.6) is 11.5 Å². The van der Waals surface area contributed by atoms with E-state index in [2.05, 4.69) is 4.99 Å². The Morgan fingerprint density at radius 2 is 2.00 bits per heavy atom. The number of hydrogen-bond donors (Lipinski definition) is 0. The second kappa shape index (κ2) is 7.40. The van der Waals surface area contributed by atoms with Gasteiger partial charge >= 0.3 is 5.97 Å². The first-order valence-corrected chi connectivity index (χ1v) is 8.83. The summed E-state index contributed by atoms with van der Waals surface area (Å²) in [4.78, 5) is 26.8. The summed E-state index contributed by atoms with van der Waals surface area (Å²) < 4.78 is 15.8. The van der Waals surface area contributed by atoms with Crippen LogP contribution >= 0.6 is 11.6 Å². The monoisotopic (exact) mass is 412 g/mol. The Morgan fingerprint density at radius 3 is 2.79 bits per heavy atom. The number of benzene rings is 2. The molecule has 29 heavy (non-hydrogen) atoms. The number of allylic oxidation sites excluding steroid dienone is 2. The number of nitro benzene ring substituents is 1. The molecule has 0 atom stereocenters.